The molecule has 0 saturated carbocycles. The molecule has 0 aliphatic heterocycles. The van der Waals surface area contributed by atoms with E-state index in [2.05, 4.69) is 5.32 Å². The number of hydrogen-bond acceptors (Lipinski definition) is 3. The average Bonchev–Trinajstić information content (AvgIpc) is 2.16. The lowest BCUT2D eigenvalue weighted by Crippen LogP contribution is -2.14. The van der Waals surface area contributed by atoms with Crippen LogP contribution in [0.3, 0.4) is 0 Å². The molecule has 0 saturated heterocycles. The van der Waals surface area contributed by atoms with Crippen molar-refractivity contribution in [3.63, 3.8) is 0 Å². The maximum Gasteiger partial charge on any atom is 0.322 e. The van der Waals surface area contributed by atoms with Gasteiger partial charge in [-0.05, 0) is 24.6 Å². The standard InChI is InChI=1S/C11H16N2O2/c1-8-4-5-9(12-7-11(14)15)6-10(8)13(2)3/h4-6,12H,7H2,1-3H3,(H,14,15). The number of nitrogens with one attached hydrogen (secondary N) is 1. The van der Waals surface area contributed by atoms with Crippen molar-refractivity contribution in [1.29, 1.82) is 0 Å². The number of nitrogens with zero attached hydrogens (tertiary/aromatic N) is 1. The third-order valence-corrected chi connectivity index (χ3v) is 2.13. The van der Waals surface area contributed by atoms with E-state index in [1.165, 1.54) is 5.56 Å². The molecule has 0 aromatic heterocycles. The highest BCUT2D eigenvalue weighted by atomic mass is 16.4. The summed E-state index contributed by atoms with van der Waals surface area (Å²) in [5.41, 5.74) is 3.08. The van der Waals surface area contributed by atoms with Crippen LogP contribution in [0.25, 0.3) is 0 Å². The molecule has 1 aromatic rings. The van der Waals surface area contributed by atoms with Crippen LogP contribution in [0.5, 0.6) is 0 Å². The van der Waals surface area contributed by atoms with Gasteiger partial charge >= 0.3 is 5.97 Å². The van der Waals surface area contributed by atoms with E-state index in [-0.39, 0.29) is 6.54 Å². The lowest BCUT2D eigenvalue weighted by molar-refractivity contribution is -0.134. The first-order valence-electron chi connectivity index (χ1n) is 4.74. The van der Waals surface area contributed by atoms with E-state index in [4.69, 9.17) is 5.11 Å². The number of rotatable bonds is 4. The number of carbonyl (C=O) groups is 1. The van der Waals surface area contributed by atoms with Gasteiger partial charge in [0, 0.05) is 25.5 Å². The number of hydrogen-bond donors (Lipinski definition) is 2. The molecule has 15 heavy (non-hydrogen) atoms. The van der Waals surface area contributed by atoms with Gasteiger partial charge < -0.3 is 15.3 Å². The fourth-order valence-electron chi connectivity index (χ4n) is 1.38. The van der Waals surface area contributed by atoms with Gasteiger partial charge in [0.05, 0.1) is 0 Å². The van der Waals surface area contributed by atoms with Crippen LogP contribution in [-0.2, 0) is 4.79 Å². The topological polar surface area (TPSA) is 52.6 Å². The predicted octanol–water partition coefficient (Wildman–Crippen LogP) is 1.56. The van der Waals surface area contributed by atoms with E-state index in [1.54, 1.807) is 0 Å². The third-order valence-electron chi connectivity index (χ3n) is 2.13. The molecule has 0 aliphatic carbocycles. The van der Waals surface area contributed by atoms with Gasteiger partial charge in [0.15, 0.2) is 0 Å². The Morgan fingerprint density at radius 2 is 2.13 bits per heavy atom. The highest BCUT2D eigenvalue weighted by molar-refractivity contribution is 5.73. The number of carboxylic acids is 1. The van der Waals surface area contributed by atoms with Gasteiger partial charge in [0.1, 0.15) is 6.54 Å². The predicted molar refractivity (Wildman–Crippen MR) is 61.6 cm³/mol. The van der Waals surface area contributed by atoms with Crippen molar-refractivity contribution in [2.45, 2.75) is 6.92 Å². The zero-order chi connectivity index (χ0) is 11.4. The zero-order valence-electron chi connectivity index (χ0n) is 9.24. The molecular weight excluding hydrogens is 192 g/mol. The summed E-state index contributed by atoms with van der Waals surface area (Å²) in [6.07, 6.45) is 0. The second-order valence-electron chi connectivity index (χ2n) is 3.64. The SMILES string of the molecule is Cc1ccc(NCC(=O)O)cc1N(C)C. The quantitative estimate of drug-likeness (QED) is 0.788. The van der Waals surface area contributed by atoms with Crippen LogP contribution in [0, 0.1) is 6.92 Å². The molecule has 0 spiro atoms. The molecule has 0 radical (unpaired) electrons. The van der Waals surface area contributed by atoms with Crippen molar-refractivity contribution < 1.29 is 9.90 Å². The van der Waals surface area contributed by atoms with E-state index in [0.717, 1.165) is 11.4 Å². The maximum atomic E-state index is 10.4. The van der Waals surface area contributed by atoms with Crippen LogP contribution in [0.15, 0.2) is 18.2 Å². The highest BCUT2D eigenvalue weighted by Crippen LogP contribution is 2.22. The number of aryl methyl sites for hydroxylation is 1. The van der Waals surface area contributed by atoms with Gasteiger partial charge in [-0.25, -0.2) is 0 Å². The smallest absolute Gasteiger partial charge is 0.322 e. The fraction of sp³-hybridized carbons (Fsp3) is 0.364. The minimum Gasteiger partial charge on any atom is -0.480 e. The van der Waals surface area contributed by atoms with Crippen LogP contribution in [0.1, 0.15) is 5.56 Å². The molecule has 0 heterocycles. The summed E-state index contributed by atoms with van der Waals surface area (Å²) in [6, 6.07) is 5.79. The summed E-state index contributed by atoms with van der Waals surface area (Å²) >= 11 is 0. The van der Waals surface area contributed by atoms with Gasteiger partial charge in [-0.1, -0.05) is 6.07 Å². The normalized spacial score (nSPS) is 9.80. The fourth-order valence-corrected chi connectivity index (χ4v) is 1.38. The Bertz CT molecular complexity index is 362. The molecule has 4 heteroatoms. The van der Waals surface area contributed by atoms with Crippen molar-refractivity contribution >= 4 is 17.3 Å². The van der Waals surface area contributed by atoms with E-state index < -0.39 is 5.97 Å². The first-order valence-corrected chi connectivity index (χ1v) is 4.74. The van der Waals surface area contributed by atoms with Crippen molar-refractivity contribution in [2.75, 3.05) is 30.9 Å². The zero-order valence-corrected chi connectivity index (χ0v) is 9.24. The summed E-state index contributed by atoms with van der Waals surface area (Å²) in [5, 5.41) is 11.4. The first-order chi connectivity index (χ1) is 7.00. The van der Waals surface area contributed by atoms with E-state index in [0.29, 0.717) is 0 Å². The molecule has 2 N–H and O–H groups in total. The van der Waals surface area contributed by atoms with Crippen LogP contribution in [0.2, 0.25) is 0 Å². The van der Waals surface area contributed by atoms with Gasteiger partial charge in [-0.15, -0.1) is 0 Å². The molecule has 0 atom stereocenters. The van der Waals surface area contributed by atoms with Crippen molar-refractivity contribution in [2.24, 2.45) is 0 Å². The Balaban J connectivity index is 2.83. The Labute approximate surface area is 89.5 Å². The Morgan fingerprint density at radius 1 is 1.47 bits per heavy atom. The van der Waals surface area contributed by atoms with Crippen molar-refractivity contribution in [1.82, 2.24) is 0 Å². The molecule has 4 nitrogen and oxygen atoms in total. The number of anilines is 2. The minimum atomic E-state index is -0.859. The summed E-state index contributed by atoms with van der Waals surface area (Å²) < 4.78 is 0. The van der Waals surface area contributed by atoms with Crippen LogP contribution in [0.4, 0.5) is 11.4 Å². The Hall–Kier alpha value is -1.71. The number of carboxylic acid groups (broad SMARTS) is 1. The summed E-state index contributed by atoms with van der Waals surface area (Å²) in [7, 11) is 3.92. The molecule has 0 aliphatic rings. The van der Waals surface area contributed by atoms with Crippen molar-refractivity contribution in [3.05, 3.63) is 23.8 Å². The Kier molecular flexibility index (Phi) is 3.55. The van der Waals surface area contributed by atoms with Crippen LogP contribution < -0.4 is 10.2 Å². The first kappa shape index (κ1) is 11.4. The molecule has 1 rings (SSSR count). The molecule has 0 fully saturated rings. The molecule has 1 aromatic carbocycles. The Morgan fingerprint density at radius 3 is 2.67 bits per heavy atom. The van der Waals surface area contributed by atoms with Gasteiger partial charge in [0.2, 0.25) is 0 Å². The van der Waals surface area contributed by atoms with Gasteiger partial charge in [-0.2, -0.15) is 0 Å². The molecule has 0 amide bonds. The summed E-state index contributed by atoms with van der Waals surface area (Å²) in [4.78, 5) is 12.4. The monoisotopic (exact) mass is 208 g/mol. The van der Waals surface area contributed by atoms with E-state index in [1.807, 2.05) is 44.1 Å². The molecular formula is C11H16N2O2. The lowest BCUT2D eigenvalue weighted by atomic mass is 10.1. The maximum absolute atomic E-state index is 10.4. The largest absolute Gasteiger partial charge is 0.480 e. The second kappa shape index (κ2) is 4.68. The molecule has 0 bridgehead atoms. The lowest BCUT2D eigenvalue weighted by Gasteiger charge is -2.17. The van der Waals surface area contributed by atoms with E-state index in [9.17, 15) is 4.79 Å². The van der Waals surface area contributed by atoms with Crippen molar-refractivity contribution in [3.8, 4) is 0 Å². The molecule has 0 unspecified atom stereocenters. The summed E-state index contributed by atoms with van der Waals surface area (Å²) in [6.45, 7) is 1.96. The van der Waals surface area contributed by atoms with Gasteiger partial charge in [-0.3, -0.25) is 4.79 Å². The van der Waals surface area contributed by atoms with Crippen LogP contribution >= 0.6 is 0 Å². The third kappa shape index (κ3) is 3.16. The summed E-state index contributed by atoms with van der Waals surface area (Å²) in [5.74, 6) is -0.859. The van der Waals surface area contributed by atoms with Gasteiger partial charge in [0.25, 0.3) is 0 Å². The number of aliphatic carboxylic acids is 1. The molecule has 82 valence electrons. The average molecular weight is 208 g/mol. The number of benzene rings is 1. The highest BCUT2D eigenvalue weighted by Gasteiger charge is 2.03. The second-order valence-corrected chi connectivity index (χ2v) is 3.64. The van der Waals surface area contributed by atoms with E-state index >= 15 is 0 Å². The minimum absolute atomic E-state index is 0.0596. The van der Waals surface area contributed by atoms with Crippen LogP contribution in [-0.4, -0.2) is 31.7 Å².